The van der Waals surface area contributed by atoms with E-state index in [0.717, 1.165) is 0 Å². The average molecular weight is 488 g/mol. The highest BCUT2D eigenvalue weighted by Gasteiger charge is 2.31. The van der Waals surface area contributed by atoms with E-state index in [4.69, 9.17) is 16.6 Å². The lowest BCUT2D eigenvalue weighted by Crippen LogP contribution is -2.57. The number of hydrogen-bond acceptors (Lipinski definition) is 7. The lowest BCUT2D eigenvalue weighted by atomic mass is 10.00. The van der Waals surface area contributed by atoms with Gasteiger partial charge in [0.05, 0.1) is 12.5 Å². The Morgan fingerprint density at radius 2 is 1.18 bits per heavy atom. The highest BCUT2D eigenvalue weighted by Crippen LogP contribution is 2.10. The number of carbonyl (C=O) groups is 6. The van der Waals surface area contributed by atoms with E-state index in [1.54, 1.807) is 27.7 Å². The first kappa shape index (κ1) is 30.8. The third-order valence-electron chi connectivity index (χ3n) is 4.71. The summed E-state index contributed by atoms with van der Waals surface area (Å²) in [5, 5.41) is 25.4. The summed E-state index contributed by atoms with van der Waals surface area (Å²) in [7, 11) is 0. The molecule has 0 heterocycles. The summed E-state index contributed by atoms with van der Waals surface area (Å²) in [6.45, 7) is 7.20. The summed E-state index contributed by atoms with van der Waals surface area (Å²) in [4.78, 5) is 71.4. The molecular formula is C21H37N5O8. The minimum absolute atomic E-state index is 0.0112. The summed E-state index contributed by atoms with van der Waals surface area (Å²) in [5.74, 6) is -5.81. The number of amides is 4. The zero-order valence-electron chi connectivity index (χ0n) is 20.0. The fourth-order valence-corrected chi connectivity index (χ4v) is 3.06. The van der Waals surface area contributed by atoms with Gasteiger partial charge in [-0.15, -0.1) is 0 Å². The van der Waals surface area contributed by atoms with Crippen LogP contribution < -0.4 is 27.4 Å². The molecule has 0 fully saturated rings. The Hall–Kier alpha value is -3.22. The lowest BCUT2D eigenvalue weighted by molar-refractivity contribution is -0.143. The van der Waals surface area contributed by atoms with Crippen molar-refractivity contribution >= 4 is 35.6 Å². The van der Waals surface area contributed by atoms with Crippen molar-refractivity contribution < 1.29 is 39.0 Å². The second kappa shape index (κ2) is 14.8. The minimum atomic E-state index is -1.44. The van der Waals surface area contributed by atoms with Crippen molar-refractivity contribution in [1.82, 2.24) is 16.0 Å². The molecular weight excluding hydrogens is 450 g/mol. The van der Waals surface area contributed by atoms with Gasteiger partial charge in [0.2, 0.25) is 23.6 Å². The van der Waals surface area contributed by atoms with Crippen molar-refractivity contribution in [2.24, 2.45) is 23.3 Å². The second-order valence-electron chi connectivity index (χ2n) is 8.99. The van der Waals surface area contributed by atoms with Gasteiger partial charge < -0.3 is 37.6 Å². The third-order valence-corrected chi connectivity index (χ3v) is 4.71. The number of aliphatic carboxylic acids is 2. The van der Waals surface area contributed by atoms with E-state index in [9.17, 15) is 33.9 Å². The first-order valence-electron chi connectivity index (χ1n) is 11.0. The molecule has 4 unspecified atom stereocenters. The largest absolute Gasteiger partial charge is 0.481 e. The molecule has 9 N–H and O–H groups in total. The molecule has 13 nitrogen and oxygen atoms in total. The summed E-state index contributed by atoms with van der Waals surface area (Å²) >= 11 is 0. The van der Waals surface area contributed by atoms with Crippen molar-refractivity contribution in [2.45, 2.75) is 84.0 Å². The monoisotopic (exact) mass is 487 g/mol. The molecule has 0 aliphatic heterocycles. The van der Waals surface area contributed by atoms with Crippen molar-refractivity contribution in [3.8, 4) is 0 Å². The van der Waals surface area contributed by atoms with Crippen molar-refractivity contribution in [3.05, 3.63) is 0 Å². The fourth-order valence-electron chi connectivity index (χ4n) is 3.06. The van der Waals surface area contributed by atoms with E-state index in [-0.39, 0.29) is 37.5 Å². The van der Waals surface area contributed by atoms with Crippen LogP contribution in [0.2, 0.25) is 0 Å². The highest BCUT2D eigenvalue weighted by atomic mass is 16.4. The van der Waals surface area contributed by atoms with Gasteiger partial charge in [-0.2, -0.15) is 0 Å². The van der Waals surface area contributed by atoms with Crippen molar-refractivity contribution in [3.63, 3.8) is 0 Å². The molecule has 194 valence electrons. The highest BCUT2D eigenvalue weighted by molar-refractivity contribution is 5.95. The third kappa shape index (κ3) is 12.7. The summed E-state index contributed by atoms with van der Waals surface area (Å²) < 4.78 is 0. The van der Waals surface area contributed by atoms with Gasteiger partial charge in [0.25, 0.3) is 0 Å². The molecule has 4 amide bonds. The van der Waals surface area contributed by atoms with Crippen LogP contribution in [0.1, 0.15) is 59.8 Å². The number of primary amides is 1. The zero-order valence-corrected chi connectivity index (χ0v) is 20.0. The van der Waals surface area contributed by atoms with Crippen LogP contribution in [0, 0.1) is 11.8 Å². The maximum absolute atomic E-state index is 12.9. The molecule has 0 radical (unpaired) electrons. The zero-order chi connectivity index (χ0) is 26.6. The van der Waals surface area contributed by atoms with Crippen LogP contribution in [0.3, 0.4) is 0 Å². The molecule has 4 atom stereocenters. The summed E-state index contributed by atoms with van der Waals surface area (Å²) in [6.07, 6.45) is -0.819. The Kier molecular flexibility index (Phi) is 13.4. The number of hydrogen-bond donors (Lipinski definition) is 7. The Morgan fingerprint density at radius 1 is 0.735 bits per heavy atom. The number of carbonyl (C=O) groups excluding carboxylic acids is 4. The van der Waals surface area contributed by atoms with Crippen LogP contribution in [0.25, 0.3) is 0 Å². The molecule has 0 bridgehead atoms. The van der Waals surface area contributed by atoms with Crippen LogP contribution in [-0.4, -0.2) is 69.9 Å². The predicted octanol–water partition coefficient (Wildman–Crippen LogP) is -1.31. The smallest absolute Gasteiger partial charge is 0.326 e. The molecule has 0 saturated carbocycles. The quantitative estimate of drug-likeness (QED) is 0.137. The predicted molar refractivity (Wildman–Crippen MR) is 121 cm³/mol. The average Bonchev–Trinajstić information content (AvgIpc) is 2.68. The van der Waals surface area contributed by atoms with Crippen molar-refractivity contribution in [1.29, 1.82) is 0 Å². The molecule has 0 aromatic rings. The van der Waals surface area contributed by atoms with Gasteiger partial charge in [-0.1, -0.05) is 27.7 Å². The van der Waals surface area contributed by atoms with Gasteiger partial charge in [0.1, 0.15) is 18.1 Å². The SMILES string of the molecule is CC(C)CC(NC(=O)C(CC(C)C)NC(=O)C(CCC(N)=O)NC(=O)C(N)CC(=O)O)C(=O)O. The maximum Gasteiger partial charge on any atom is 0.326 e. The Bertz CT molecular complexity index is 755. The van der Waals surface area contributed by atoms with E-state index in [1.807, 2.05) is 0 Å². The van der Waals surface area contributed by atoms with Crippen LogP contribution in [0.15, 0.2) is 0 Å². The van der Waals surface area contributed by atoms with E-state index in [2.05, 4.69) is 16.0 Å². The number of rotatable bonds is 16. The molecule has 0 rings (SSSR count). The molecule has 34 heavy (non-hydrogen) atoms. The second-order valence-corrected chi connectivity index (χ2v) is 8.99. The molecule has 13 heteroatoms. The Labute approximate surface area is 198 Å². The van der Waals surface area contributed by atoms with Gasteiger partial charge in [0.15, 0.2) is 0 Å². The van der Waals surface area contributed by atoms with Crippen molar-refractivity contribution in [2.75, 3.05) is 0 Å². The lowest BCUT2D eigenvalue weighted by Gasteiger charge is -2.26. The van der Waals surface area contributed by atoms with Crippen LogP contribution in [-0.2, 0) is 28.8 Å². The first-order valence-corrected chi connectivity index (χ1v) is 11.0. The van der Waals surface area contributed by atoms with Crippen LogP contribution in [0.4, 0.5) is 0 Å². The molecule has 0 aliphatic carbocycles. The van der Waals surface area contributed by atoms with Gasteiger partial charge >= 0.3 is 11.9 Å². The van der Waals surface area contributed by atoms with Crippen LogP contribution >= 0.6 is 0 Å². The van der Waals surface area contributed by atoms with E-state index in [0.29, 0.717) is 0 Å². The number of nitrogens with one attached hydrogen (secondary N) is 3. The van der Waals surface area contributed by atoms with Gasteiger partial charge in [-0.05, 0) is 31.1 Å². The molecule has 0 spiro atoms. The van der Waals surface area contributed by atoms with Gasteiger partial charge in [-0.3, -0.25) is 24.0 Å². The van der Waals surface area contributed by atoms with E-state index in [1.165, 1.54) is 0 Å². The Balaban J connectivity index is 5.58. The Morgan fingerprint density at radius 3 is 1.62 bits per heavy atom. The minimum Gasteiger partial charge on any atom is -0.481 e. The fraction of sp³-hybridized carbons (Fsp3) is 0.714. The molecule has 0 aromatic heterocycles. The number of carboxylic acids is 2. The molecule has 0 saturated heterocycles. The summed E-state index contributed by atoms with van der Waals surface area (Å²) in [6, 6.07) is -5.04. The first-order chi connectivity index (χ1) is 15.6. The van der Waals surface area contributed by atoms with Crippen LogP contribution in [0.5, 0.6) is 0 Å². The number of carboxylic acid groups (broad SMARTS) is 2. The van der Waals surface area contributed by atoms with E-state index >= 15 is 0 Å². The van der Waals surface area contributed by atoms with Gasteiger partial charge in [-0.25, -0.2) is 4.79 Å². The van der Waals surface area contributed by atoms with Gasteiger partial charge in [0, 0.05) is 6.42 Å². The topological polar surface area (TPSA) is 231 Å². The normalized spacial score (nSPS) is 14.6. The number of nitrogens with two attached hydrogens (primary N) is 2. The standard InChI is InChI=1S/C21H37N5O8/c1-10(2)7-14(20(32)26-15(21(33)34)8-11(3)4)25-19(31)13(5-6-16(23)27)24-18(30)12(22)9-17(28)29/h10-15H,5-9,22H2,1-4H3,(H2,23,27)(H,24,30)(H,25,31)(H,26,32)(H,28,29)(H,33,34). The molecule has 0 aliphatic rings. The molecule has 0 aromatic carbocycles. The maximum atomic E-state index is 12.9. The summed E-state index contributed by atoms with van der Waals surface area (Å²) in [5.41, 5.74) is 10.7. The van der Waals surface area contributed by atoms with E-state index < -0.39 is 66.2 Å².